The Morgan fingerprint density at radius 2 is 2.00 bits per heavy atom. The number of rotatable bonds is 2. The molecule has 2 N–H and O–H groups in total. The summed E-state index contributed by atoms with van der Waals surface area (Å²) in [7, 11) is 1.09. The zero-order valence-electron chi connectivity index (χ0n) is 8.72. The molecule has 0 unspecified atom stereocenters. The number of halogens is 4. The predicted molar refractivity (Wildman–Crippen MR) is 55.4 cm³/mol. The van der Waals surface area contributed by atoms with Gasteiger partial charge in [-0.15, -0.1) is 0 Å². The minimum atomic E-state index is -4.55. The van der Waals surface area contributed by atoms with Gasteiger partial charge in [0.15, 0.2) is 0 Å². The molecule has 0 saturated heterocycles. The number of esters is 1. The van der Waals surface area contributed by atoms with Crippen LogP contribution in [-0.2, 0) is 15.7 Å². The minimum Gasteiger partial charge on any atom is -0.468 e. The molecule has 0 fully saturated rings. The summed E-state index contributed by atoms with van der Waals surface area (Å²) < 4.78 is 41.8. The molecule has 1 rings (SSSR count). The van der Waals surface area contributed by atoms with E-state index >= 15 is 0 Å². The van der Waals surface area contributed by atoms with Gasteiger partial charge in [-0.3, -0.25) is 4.79 Å². The summed E-state index contributed by atoms with van der Waals surface area (Å²) >= 11 is 5.54. The molecule has 0 aliphatic rings. The molecule has 0 spiro atoms. The van der Waals surface area contributed by atoms with Crippen molar-refractivity contribution >= 4 is 17.6 Å². The largest absolute Gasteiger partial charge is 0.468 e. The van der Waals surface area contributed by atoms with Crippen LogP contribution in [0.4, 0.5) is 13.2 Å². The Morgan fingerprint density at radius 1 is 1.41 bits per heavy atom. The molecular weight excluding hydrogens is 259 g/mol. The van der Waals surface area contributed by atoms with E-state index in [1.54, 1.807) is 0 Å². The van der Waals surface area contributed by atoms with Crippen LogP contribution >= 0.6 is 11.6 Å². The van der Waals surface area contributed by atoms with Crippen LogP contribution in [0.5, 0.6) is 0 Å². The van der Waals surface area contributed by atoms with E-state index in [-0.39, 0.29) is 10.6 Å². The monoisotopic (exact) mass is 267 g/mol. The quantitative estimate of drug-likeness (QED) is 0.838. The molecule has 7 heteroatoms. The number of carbonyl (C=O) groups excluding carboxylic acids is 1. The van der Waals surface area contributed by atoms with Crippen molar-refractivity contribution in [1.82, 2.24) is 0 Å². The van der Waals surface area contributed by atoms with Gasteiger partial charge in [0.1, 0.15) is 6.04 Å². The maximum Gasteiger partial charge on any atom is 0.416 e. The Morgan fingerprint density at radius 3 is 2.47 bits per heavy atom. The number of ether oxygens (including phenoxy) is 1. The first kappa shape index (κ1) is 13.8. The third kappa shape index (κ3) is 3.34. The van der Waals surface area contributed by atoms with Gasteiger partial charge in [-0.25, -0.2) is 0 Å². The summed E-state index contributed by atoms with van der Waals surface area (Å²) in [5.74, 6) is -0.833. The Bertz CT molecular complexity index is 434. The van der Waals surface area contributed by atoms with Crippen molar-refractivity contribution in [3.8, 4) is 0 Å². The molecule has 0 aliphatic carbocycles. The lowest BCUT2D eigenvalue weighted by Crippen LogP contribution is -2.23. The number of methoxy groups -OCH3 is 1. The minimum absolute atomic E-state index is 0.0447. The van der Waals surface area contributed by atoms with Gasteiger partial charge in [-0.05, 0) is 23.8 Å². The molecule has 0 aromatic heterocycles. The van der Waals surface area contributed by atoms with Gasteiger partial charge in [0.25, 0.3) is 0 Å². The summed E-state index contributed by atoms with van der Waals surface area (Å²) in [5, 5.41) is -0.144. The van der Waals surface area contributed by atoms with Gasteiger partial charge in [-0.1, -0.05) is 11.6 Å². The standard InChI is InChI=1S/C10H9ClF3NO2/c1-17-9(16)8(15)5-2-6(10(12,13)14)4-7(11)3-5/h2-4,8H,15H2,1H3/t8-/m1/s1. The molecule has 0 radical (unpaired) electrons. The fourth-order valence-corrected chi connectivity index (χ4v) is 1.46. The third-order valence-corrected chi connectivity index (χ3v) is 2.28. The molecule has 0 bridgehead atoms. The van der Waals surface area contributed by atoms with Crippen LogP contribution in [0.1, 0.15) is 17.2 Å². The summed E-state index contributed by atoms with van der Waals surface area (Å²) in [4.78, 5) is 11.1. The first-order chi connectivity index (χ1) is 7.75. The third-order valence-electron chi connectivity index (χ3n) is 2.06. The fraction of sp³-hybridized carbons (Fsp3) is 0.300. The van der Waals surface area contributed by atoms with Crippen LogP contribution in [0.3, 0.4) is 0 Å². The average molecular weight is 268 g/mol. The molecule has 0 heterocycles. The van der Waals surface area contributed by atoms with E-state index in [0.717, 1.165) is 19.2 Å². The maximum absolute atomic E-state index is 12.5. The highest BCUT2D eigenvalue weighted by molar-refractivity contribution is 6.30. The number of nitrogens with two attached hydrogens (primary N) is 1. The Balaban J connectivity index is 3.18. The van der Waals surface area contributed by atoms with Crippen molar-refractivity contribution in [3.05, 3.63) is 34.3 Å². The highest BCUT2D eigenvalue weighted by Crippen LogP contribution is 2.33. The molecule has 1 atom stereocenters. The van der Waals surface area contributed by atoms with Crippen molar-refractivity contribution in [2.45, 2.75) is 12.2 Å². The van der Waals surface area contributed by atoms with E-state index in [1.165, 1.54) is 6.07 Å². The van der Waals surface area contributed by atoms with Crippen LogP contribution in [0, 0.1) is 0 Å². The number of benzene rings is 1. The highest BCUT2D eigenvalue weighted by Gasteiger charge is 2.32. The highest BCUT2D eigenvalue weighted by atomic mass is 35.5. The van der Waals surface area contributed by atoms with Gasteiger partial charge < -0.3 is 10.5 Å². The van der Waals surface area contributed by atoms with Gasteiger partial charge in [0.05, 0.1) is 12.7 Å². The lowest BCUT2D eigenvalue weighted by atomic mass is 10.0. The second-order valence-corrected chi connectivity index (χ2v) is 3.71. The second-order valence-electron chi connectivity index (χ2n) is 3.27. The SMILES string of the molecule is COC(=O)[C@H](N)c1cc(Cl)cc(C(F)(F)F)c1. The van der Waals surface area contributed by atoms with Crippen molar-refractivity contribution in [3.63, 3.8) is 0 Å². The lowest BCUT2D eigenvalue weighted by Gasteiger charge is -2.13. The van der Waals surface area contributed by atoms with Crippen molar-refractivity contribution in [2.75, 3.05) is 7.11 Å². The molecule has 94 valence electrons. The Hall–Kier alpha value is -1.27. The average Bonchev–Trinajstić information content (AvgIpc) is 2.25. The van der Waals surface area contributed by atoms with Gasteiger partial charge >= 0.3 is 12.1 Å². The molecule has 0 saturated carbocycles. The Labute approximate surface area is 100 Å². The fourth-order valence-electron chi connectivity index (χ4n) is 1.22. The van der Waals surface area contributed by atoms with Crippen LogP contribution in [0.15, 0.2) is 18.2 Å². The Kier molecular flexibility index (Phi) is 4.00. The van der Waals surface area contributed by atoms with E-state index < -0.39 is 23.8 Å². The predicted octanol–water partition coefficient (Wildman–Crippen LogP) is 2.53. The topological polar surface area (TPSA) is 52.3 Å². The molecule has 3 nitrogen and oxygen atoms in total. The van der Waals surface area contributed by atoms with Crippen LogP contribution in [0.2, 0.25) is 5.02 Å². The maximum atomic E-state index is 12.5. The van der Waals surface area contributed by atoms with Gasteiger partial charge in [-0.2, -0.15) is 13.2 Å². The van der Waals surface area contributed by atoms with Crippen LogP contribution < -0.4 is 5.73 Å². The first-order valence-electron chi connectivity index (χ1n) is 4.47. The molecule has 0 aliphatic heterocycles. The van der Waals surface area contributed by atoms with E-state index in [4.69, 9.17) is 17.3 Å². The van der Waals surface area contributed by atoms with Crippen LogP contribution in [-0.4, -0.2) is 13.1 Å². The molecule has 17 heavy (non-hydrogen) atoms. The zero-order chi connectivity index (χ0) is 13.2. The van der Waals surface area contributed by atoms with E-state index in [0.29, 0.717) is 0 Å². The molecule has 1 aromatic rings. The number of carbonyl (C=O) groups is 1. The van der Waals surface area contributed by atoms with Crippen molar-refractivity contribution in [2.24, 2.45) is 5.73 Å². The zero-order valence-corrected chi connectivity index (χ0v) is 9.47. The van der Waals surface area contributed by atoms with Crippen LogP contribution in [0.25, 0.3) is 0 Å². The number of alkyl halides is 3. The summed E-state index contributed by atoms with van der Waals surface area (Å²) in [6, 6.07) is 1.43. The molecule has 0 amide bonds. The number of hydrogen-bond acceptors (Lipinski definition) is 3. The van der Waals surface area contributed by atoms with Gasteiger partial charge in [0, 0.05) is 5.02 Å². The second kappa shape index (κ2) is 4.93. The summed E-state index contributed by atoms with van der Waals surface area (Å²) in [5.41, 5.74) is 4.43. The van der Waals surface area contributed by atoms with Gasteiger partial charge in [0.2, 0.25) is 0 Å². The lowest BCUT2D eigenvalue weighted by molar-refractivity contribution is -0.143. The van der Waals surface area contributed by atoms with Crippen molar-refractivity contribution < 1.29 is 22.7 Å². The normalized spacial score (nSPS) is 13.3. The molecule has 1 aromatic carbocycles. The number of hydrogen-bond donors (Lipinski definition) is 1. The van der Waals surface area contributed by atoms with Crippen molar-refractivity contribution in [1.29, 1.82) is 0 Å². The summed E-state index contributed by atoms with van der Waals surface area (Å²) in [6.07, 6.45) is -4.55. The van der Waals surface area contributed by atoms with E-state index in [9.17, 15) is 18.0 Å². The van der Waals surface area contributed by atoms with E-state index in [1.807, 2.05) is 0 Å². The molecular formula is C10H9ClF3NO2. The van der Waals surface area contributed by atoms with E-state index in [2.05, 4.69) is 4.74 Å². The smallest absolute Gasteiger partial charge is 0.416 e. The summed E-state index contributed by atoms with van der Waals surface area (Å²) in [6.45, 7) is 0. The first-order valence-corrected chi connectivity index (χ1v) is 4.84.